The van der Waals surface area contributed by atoms with Crippen molar-refractivity contribution in [1.82, 2.24) is 25.5 Å². The SMILES string of the molecule is CC(C)COc1ccc(CCNC(=O)c2cccc(-n3cnnn3)c2)cc1. The highest BCUT2D eigenvalue weighted by molar-refractivity contribution is 5.94. The van der Waals surface area contributed by atoms with E-state index in [2.05, 4.69) is 34.7 Å². The van der Waals surface area contributed by atoms with Gasteiger partial charge in [-0.2, -0.15) is 0 Å². The maximum Gasteiger partial charge on any atom is 0.251 e. The van der Waals surface area contributed by atoms with E-state index in [0.29, 0.717) is 24.6 Å². The quantitative estimate of drug-likeness (QED) is 0.664. The van der Waals surface area contributed by atoms with Gasteiger partial charge in [-0.25, -0.2) is 4.68 Å². The molecule has 2 aromatic carbocycles. The summed E-state index contributed by atoms with van der Waals surface area (Å²) < 4.78 is 7.19. The monoisotopic (exact) mass is 365 g/mol. The molecule has 7 heteroatoms. The number of rotatable bonds is 8. The van der Waals surface area contributed by atoms with Crippen LogP contribution in [0.5, 0.6) is 5.75 Å². The Labute approximate surface area is 158 Å². The predicted octanol–water partition coefficient (Wildman–Crippen LogP) is 2.67. The molecule has 0 saturated carbocycles. The molecular formula is C20H23N5O2. The van der Waals surface area contributed by atoms with Gasteiger partial charge in [0.1, 0.15) is 12.1 Å². The lowest BCUT2D eigenvalue weighted by Crippen LogP contribution is -2.25. The summed E-state index contributed by atoms with van der Waals surface area (Å²) in [5.41, 5.74) is 2.46. The summed E-state index contributed by atoms with van der Waals surface area (Å²) in [6, 6.07) is 15.2. The number of benzene rings is 2. The van der Waals surface area contributed by atoms with Crippen LogP contribution in [0.2, 0.25) is 0 Å². The highest BCUT2D eigenvalue weighted by Crippen LogP contribution is 2.14. The number of hydrogen-bond donors (Lipinski definition) is 1. The van der Waals surface area contributed by atoms with Crippen molar-refractivity contribution in [3.8, 4) is 11.4 Å². The smallest absolute Gasteiger partial charge is 0.251 e. The molecule has 1 aromatic heterocycles. The normalized spacial score (nSPS) is 10.8. The Morgan fingerprint density at radius 2 is 2.00 bits per heavy atom. The third kappa shape index (κ3) is 5.37. The molecule has 0 bridgehead atoms. The first kappa shape index (κ1) is 18.6. The van der Waals surface area contributed by atoms with Crippen LogP contribution in [-0.4, -0.2) is 39.3 Å². The Morgan fingerprint density at radius 1 is 1.19 bits per heavy atom. The van der Waals surface area contributed by atoms with Gasteiger partial charge in [0.15, 0.2) is 0 Å². The standard InChI is InChI=1S/C20H23N5O2/c1-15(2)13-27-19-8-6-16(7-9-19)10-11-21-20(26)17-4-3-5-18(12-17)25-14-22-23-24-25/h3-9,12,14-15H,10-11,13H2,1-2H3,(H,21,26). The van der Waals surface area contributed by atoms with Crippen LogP contribution in [0.25, 0.3) is 5.69 Å². The second-order valence-electron chi connectivity index (χ2n) is 6.66. The highest BCUT2D eigenvalue weighted by Gasteiger charge is 2.07. The number of carbonyl (C=O) groups is 1. The average molecular weight is 365 g/mol. The number of amides is 1. The van der Waals surface area contributed by atoms with E-state index in [0.717, 1.165) is 23.4 Å². The molecule has 27 heavy (non-hydrogen) atoms. The first-order chi connectivity index (χ1) is 13.1. The fourth-order valence-corrected chi connectivity index (χ4v) is 2.51. The van der Waals surface area contributed by atoms with Gasteiger partial charge in [0.25, 0.3) is 5.91 Å². The van der Waals surface area contributed by atoms with E-state index in [1.807, 2.05) is 36.4 Å². The van der Waals surface area contributed by atoms with Crippen molar-refractivity contribution >= 4 is 5.91 Å². The van der Waals surface area contributed by atoms with Crippen molar-refractivity contribution in [1.29, 1.82) is 0 Å². The molecular weight excluding hydrogens is 342 g/mol. The van der Waals surface area contributed by atoms with Crippen LogP contribution in [0, 0.1) is 5.92 Å². The Hall–Kier alpha value is -3.22. The zero-order valence-corrected chi connectivity index (χ0v) is 15.5. The molecule has 0 aliphatic heterocycles. The van der Waals surface area contributed by atoms with Crippen molar-refractivity contribution in [2.24, 2.45) is 5.92 Å². The topological polar surface area (TPSA) is 81.9 Å². The number of nitrogens with zero attached hydrogens (tertiary/aromatic N) is 4. The van der Waals surface area contributed by atoms with Crippen molar-refractivity contribution in [3.63, 3.8) is 0 Å². The van der Waals surface area contributed by atoms with Gasteiger partial charge in [0.05, 0.1) is 12.3 Å². The number of nitrogens with one attached hydrogen (secondary N) is 1. The molecule has 0 atom stereocenters. The lowest BCUT2D eigenvalue weighted by Gasteiger charge is -2.10. The molecule has 0 aliphatic carbocycles. The fraction of sp³-hybridized carbons (Fsp3) is 0.300. The summed E-state index contributed by atoms with van der Waals surface area (Å²) in [6.07, 6.45) is 2.24. The Morgan fingerprint density at radius 3 is 2.70 bits per heavy atom. The molecule has 0 spiro atoms. The van der Waals surface area contributed by atoms with E-state index in [4.69, 9.17) is 4.74 Å². The van der Waals surface area contributed by atoms with Crippen molar-refractivity contribution in [2.45, 2.75) is 20.3 Å². The molecule has 1 N–H and O–H groups in total. The Bertz CT molecular complexity index is 860. The second kappa shape index (κ2) is 8.93. The molecule has 1 heterocycles. The maximum absolute atomic E-state index is 12.4. The molecule has 3 rings (SSSR count). The summed E-state index contributed by atoms with van der Waals surface area (Å²) in [5.74, 6) is 1.25. The summed E-state index contributed by atoms with van der Waals surface area (Å²) in [7, 11) is 0. The van der Waals surface area contributed by atoms with Gasteiger partial charge in [-0.05, 0) is 58.7 Å². The van der Waals surface area contributed by atoms with Crippen LogP contribution in [-0.2, 0) is 6.42 Å². The fourth-order valence-electron chi connectivity index (χ4n) is 2.51. The first-order valence-corrected chi connectivity index (χ1v) is 8.95. The minimum absolute atomic E-state index is 0.123. The van der Waals surface area contributed by atoms with Gasteiger partial charge < -0.3 is 10.1 Å². The van der Waals surface area contributed by atoms with Gasteiger partial charge >= 0.3 is 0 Å². The highest BCUT2D eigenvalue weighted by atomic mass is 16.5. The van der Waals surface area contributed by atoms with E-state index in [-0.39, 0.29) is 5.91 Å². The lowest BCUT2D eigenvalue weighted by atomic mass is 10.1. The second-order valence-corrected chi connectivity index (χ2v) is 6.66. The summed E-state index contributed by atoms with van der Waals surface area (Å²) in [6.45, 7) is 5.50. The Balaban J connectivity index is 1.50. The molecule has 0 unspecified atom stereocenters. The summed E-state index contributed by atoms with van der Waals surface area (Å²) >= 11 is 0. The van der Waals surface area contributed by atoms with Crippen molar-refractivity contribution < 1.29 is 9.53 Å². The molecule has 1 amide bonds. The third-order valence-corrected chi connectivity index (χ3v) is 3.93. The average Bonchev–Trinajstić information content (AvgIpc) is 3.22. The lowest BCUT2D eigenvalue weighted by molar-refractivity contribution is 0.0954. The van der Waals surface area contributed by atoms with Gasteiger partial charge in [0.2, 0.25) is 0 Å². The van der Waals surface area contributed by atoms with Crippen LogP contribution in [0.15, 0.2) is 54.9 Å². The Kier molecular flexibility index (Phi) is 6.14. The number of ether oxygens (including phenoxy) is 1. The number of carbonyl (C=O) groups excluding carboxylic acids is 1. The molecule has 7 nitrogen and oxygen atoms in total. The summed E-state index contributed by atoms with van der Waals surface area (Å²) in [4.78, 5) is 12.4. The van der Waals surface area contributed by atoms with E-state index in [1.54, 1.807) is 12.1 Å². The van der Waals surface area contributed by atoms with Crippen molar-refractivity contribution in [2.75, 3.05) is 13.2 Å². The molecule has 0 radical (unpaired) electrons. The molecule has 3 aromatic rings. The first-order valence-electron chi connectivity index (χ1n) is 8.95. The minimum atomic E-state index is -0.123. The van der Waals surface area contributed by atoms with Gasteiger partial charge in [0, 0.05) is 12.1 Å². The minimum Gasteiger partial charge on any atom is -0.493 e. The van der Waals surface area contributed by atoms with Gasteiger partial charge in [-0.3, -0.25) is 4.79 Å². The van der Waals surface area contributed by atoms with Crippen LogP contribution in [0.3, 0.4) is 0 Å². The summed E-state index contributed by atoms with van der Waals surface area (Å²) in [5, 5.41) is 14.0. The van der Waals surface area contributed by atoms with E-state index in [9.17, 15) is 4.79 Å². The van der Waals surface area contributed by atoms with E-state index >= 15 is 0 Å². The molecule has 0 aliphatic rings. The third-order valence-electron chi connectivity index (χ3n) is 3.93. The van der Waals surface area contributed by atoms with Crippen LogP contribution in [0.4, 0.5) is 0 Å². The van der Waals surface area contributed by atoms with Crippen LogP contribution >= 0.6 is 0 Å². The number of aromatic nitrogens is 4. The number of tetrazole rings is 1. The number of hydrogen-bond acceptors (Lipinski definition) is 5. The maximum atomic E-state index is 12.4. The van der Waals surface area contributed by atoms with Crippen molar-refractivity contribution in [3.05, 3.63) is 66.0 Å². The van der Waals surface area contributed by atoms with Crippen LogP contribution < -0.4 is 10.1 Å². The molecule has 0 fully saturated rings. The largest absolute Gasteiger partial charge is 0.493 e. The molecule has 140 valence electrons. The van der Waals surface area contributed by atoms with Gasteiger partial charge in [-0.1, -0.05) is 32.0 Å². The molecule has 0 saturated heterocycles. The van der Waals surface area contributed by atoms with E-state index in [1.165, 1.54) is 11.0 Å². The predicted molar refractivity (Wildman–Crippen MR) is 102 cm³/mol. The van der Waals surface area contributed by atoms with Gasteiger partial charge in [-0.15, -0.1) is 5.10 Å². The van der Waals surface area contributed by atoms with Crippen LogP contribution in [0.1, 0.15) is 29.8 Å². The van der Waals surface area contributed by atoms with E-state index < -0.39 is 0 Å². The zero-order valence-electron chi connectivity index (χ0n) is 15.5. The zero-order chi connectivity index (χ0) is 19.1.